The van der Waals surface area contributed by atoms with Crippen molar-refractivity contribution in [2.75, 3.05) is 0 Å². The first-order valence-corrected chi connectivity index (χ1v) is 4.87. The smallest absolute Gasteiger partial charge is 0.0970 e. The maximum Gasteiger partial charge on any atom is 0.0970 e. The molecule has 0 amide bonds. The van der Waals surface area contributed by atoms with Crippen LogP contribution in [0.15, 0.2) is 5.18 Å². The van der Waals surface area contributed by atoms with Gasteiger partial charge in [-0.05, 0) is 17.8 Å². The van der Waals surface area contributed by atoms with E-state index >= 15 is 0 Å². The standard InChI is InChI=1S/C10H21NO/c1-6-8(4)9(5)10(11-12)7(2)3/h7-10H,6H2,1-5H3/t8?,9?,10-/m0/s1. The number of nitroso groups, excluding NO2 is 1. The summed E-state index contributed by atoms with van der Waals surface area (Å²) in [4.78, 5) is 10.6. The van der Waals surface area contributed by atoms with Gasteiger partial charge in [-0.1, -0.05) is 46.2 Å². The monoisotopic (exact) mass is 171 g/mol. The highest BCUT2D eigenvalue weighted by Gasteiger charge is 2.25. The average molecular weight is 171 g/mol. The second kappa shape index (κ2) is 5.28. The zero-order valence-corrected chi connectivity index (χ0v) is 8.87. The van der Waals surface area contributed by atoms with Crippen LogP contribution >= 0.6 is 0 Å². The van der Waals surface area contributed by atoms with E-state index in [4.69, 9.17) is 0 Å². The molecule has 0 radical (unpaired) electrons. The summed E-state index contributed by atoms with van der Waals surface area (Å²) in [5.74, 6) is 1.37. The highest BCUT2D eigenvalue weighted by Crippen LogP contribution is 2.25. The summed E-state index contributed by atoms with van der Waals surface area (Å²) >= 11 is 0. The molecule has 12 heavy (non-hydrogen) atoms. The molecule has 0 aliphatic rings. The van der Waals surface area contributed by atoms with Gasteiger partial charge in [0.25, 0.3) is 0 Å². The van der Waals surface area contributed by atoms with Gasteiger partial charge < -0.3 is 0 Å². The Morgan fingerprint density at radius 2 is 1.67 bits per heavy atom. The molecule has 0 aliphatic carbocycles. The molecular formula is C10H21NO. The van der Waals surface area contributed by atoms with Crippen molar-refractivity contribution >= 4 is 0 Å². The molecule has 0 aliphatic heterocycles. The fourth-order valence-corrected chi connectivity index (χ4v) is 1.53. The second-order valence-corrected chi connectivity index (χ2v) is 4.08. The first-order chi connectivity index (χ1) is 5.54. The molecule has 0 bridgehead atoms. The minimum atomic E-state index is -0.0139. The maximum absolute atomic E-state index is 10.6. The number of hydrogen-bond donors (Lipinski definition) is 0. The molecule has 0 saturated carbocycles. The zero-order valence-electron chi connectivity index (χ0n) is 8.87. The molecule has 3 atom stereocenters. The van der Waals surface area contributed by atoms with Gasteiger partial charge in [-0.15, -0.1) is 0 Å². The second-order valence-electron chi connectivity index (χ2n) is 4.08. The lowest BCUT2D eigenvalue weighted by Crippen LogP contribution is -2.26. The summed E-state index contributed by atoms with van der Waals surface area (Å²) in [6, 6.07) is -0.0139. The molecule has 0 heterocycles. The normalized spacial score (nSPS) is 18.8. The molecule has 0 spiro atoms. The first kappa shape index (κ1) is 11.6. The van der Waals surface area contributed by atoms with Crippen LogP contribution in [-0.2, 0) is 0 Å². The average Bonchev–Trinajstić information content (AvgIpc) is 2.03. The quantitative estimate of drug-likeness (QED) is 0.582. The van der Waals surface area contributed by atoms with Crippen molar-refractivity contribution in [1.29, 1.82) is 0 Å². The molecule has 2 unspecified atom stereocenters. The minimum absolute atomic E-state index is 0.0139. The Morgan fingerprint density at radius 1 is 1.17 bits per heavy atom. The predicted molar refractivity (Wildman–Crippen MR) is 53.0 cm³/mol. The van der Waals surface area contributed by atoms with Gasteiger partial charge in [0.15, 0.2) is 0 Å². The van der Waals surface area contributed by atoms with Crippen LogP contribution in [0.2, 0.25) is 0 Å². The predicted octanol–water partition coefficient (Wildman–Crippen LogP) is 3.46. The lowest BCUT2D eigenvalue weighted by Gasteiger charge is -2.25. The van der Waals surface area contributed by atoms with Crippen LogP contribution in [0, 0.1) is 22.7 Å². The van der Waals surface area contributed by atoms with E-state index in [0.29, 0.717) is 17.8 Å². The van der Waals surface area contributed by atoms with Gasteiger partial charge in [0.05, 0.1) is 6.04 Å². The number of rotatable bonds is 5. The van der Waals surface area contributed by atoms with Crippen molar-refractivity contribution in [2.24, 2.45) is 22.9 Å². The topological polar surface area (TPSA) is 29.4 Å². The summed E-state index contributed by atoms with van der Waals surface area (Å²) in [6.45, 7) is 10.6. The summed E-state index contributed by atoms with van der Waals surface area (Å²) in [5, 5.41) is 3.21. The van der Waals surface area contributed by atoms with Crippen LogP contribution in [0.3, 0.4) is 0 Å². The highest BCUT2D eigenvalue weighted by molar-refractivity contribution is 4.78. The van der Waals surface area contributed by atoms with Gasteiger partial charge in [-0.25, -0.2) is 0 Å². The fourth-order valence-electron chi connectivity index (χ4n) is 1.53. The summed E-state index contributed by atoms with van der Waals surface area (Å²) in [7, 11) is 0. The fraction of sp³-hybridized carbons (Fsp3) is 1.00. The third kappa shape index (κ3) is 2.92. The van der Waals surface area contributed by atoms with E-state index in [9.17, 15) is 4.91 Å². The number of nitrogens with zero attached hydrogens (tertiary/aromatic N) is 1. The minimum Gasteiger partial charge on any atom is -0.150 e. The van der Waals surface area contributed by atoms with E-state index in [1.165, 1.54) is 0 Å². The van der Waals surface area contributed by atoms with E-state index in [-0.39, 0.29) is 6.04 Å². The molecular weight excluding hydrogens is 150 g/mol. The molecule has 0 saturated heterocycles. The SMILES string of the molecule is CCC(C)C(C)[C@@H](N=O)C(C)C. The summed E-state index contributed by atoms with van der Waals surface area (Å²) < 4.78 is 0. The van der Waals surface area contributed by atoms with Crippen molar-refractivity contribution in [1.82, 2.24) is 0 Å². The van der Waals surface area contributed by atoms with Crippen LogP contribution in [0.5, 0.6) is 0 Å². The van der Waals surface area contributed by atoms with Gasteiger partial charge in [-0.3, -0.25) is 0 Å². The van der Waals surface area contributed by atoms with Crippen LogP contribution in [0.4, 0.5) is 0 Å². The van der Waals surface area contributed by atoms with Crippen molar-refractivity contribution in [3.05, 3.63) is 4.91 Å². The molecule has 0 aromatic heterocycles. The van der Waals surface area contributed by atoms with Gasteiger partial charge in [0, 0.05) is 0 Å². The van der Waals surface area contributed by atoms with E-state index in [2.05, 4.69) is 39.8 Å². The van der Waals surface area contributed by atoms with Crippen molar-refractivity contribution in [2.45, 2.75) is 47.1 Å². The molecule has 2 nitrogen and oxygen atoms in total. The van der Waals surface area contributed by atoms with E-state index in [1.54, 1.807) is 0 Å². The van der Waals surface area contributed by atoms with E-state index in [1.807, 2.05) is 0 Å². The Morgan fingerprint density at radius 3 is 1.92 bits per heavy atom. The van der Waals surface area contributed by atoms with Crippen molar-refractivity contribution in [3.8, 4) is 0 Å². The van der Waals surface area contributed by atoms with Crippen molar-refractivity contribution < 1.29 is 0 Å². The van der Waals surface area contributed by atoms with Crippen LogP contribution in [0.25, 0.3) is 0 Å². The first-order valence-electron chi connectivity index (χ1n) is 4.87. The van der Waals surface area contributed by atoms with Crippen molar-refractivity contribution in [3.63, 3.8) is 0 Å². The molecule has 72 valence electrons. The van der Waals surface area contributed by atoms with Gasteiger partial charge in [0.2, 0.25) is 0 Å². The summed E-state index contributed by atoms with van der Waals surface area (Å²) in [6.07, 6.45) is 1.12. The molecule has 0 aromatic rings. The molecule has 0 fully saturated rings. The molecule has 0 aromatic carbocycles. The lowest BCUT2D eigenvalue weighted by atomic mass is 9.82. The zero-order chi connectivity index (χ0) is 9.72. The molecule has 2 heteroatoms. The van der Waals surface area contributed by atoms with Gasteiger partial charge in [-0.2, -0.15) is 4.91 Å². The van der Waals surface area contributed by atoms with Crippen LogP contribution in [0.1, 0.15) is 41.0 Å². The Hall–Kier alpha value is -0.400. The van der Waals surface area contributed by atoms with E-state index < -0.39 is 0 Å². The van der Waals surface area contributed by atoms with Crippen LogP contribution in [-0.4, -0.2) is 6.04 Å². The Balaban J connectivity index is 4.20. The molecule has 0 rings (SSSR count). The Labute approximate surface area is 75.7 Å². The van der Waals surface area contributed by atoms with Gasteiger partial charge >= 0.3 is 0 Å². The number of hydrogen-bond acceptors (Lipinski definition) is 2. The maximum atomic E-state index is 10.6. The highest BCUT2D eigenvalue weighted by atomic mass is 16.3. The molecule has 0 N–H and O–H groups in total. The van der Waals surface area contributed by atoms with E-state index in [0.717, 1.165) is 6.42 Å². The lowest BCUT2D eigenvalue weighted by molar-refractivity contribution is 0.270. The Kier molecular flexibility index (Phi) is 5.11. The summed E-state index contributed by atoms with van der Waals surface area (Å²) in [5.41, 5.74) is 0. The third-order valence-corrected chi connectivity index (χ3v) is 2.88. The van der Waals surface area contributed by atoms with Gasteiger partial charge in [0.1, 0.15) is 0 Å². The Bertz CT molecular complexity index is 134. The van der Waals surface area contributed by atoms with Crippen LogP contribution < -0.4 is 0 Å². The third-order valence-electron chi connectivity index (χ3n) is 2.88. The largest absolute Gasteiger partial charge is 0.150 e.